The predicted octanol–water partition coefficient (Wildman–Crippen LogP) is 4.08. The minimum absolute atomic E-state index is 0.0979. The van der Waals surface area contributed by atoms with Crippen LogP contribution < -0.4 is 5.43 Å². The van der Waals surface area contributed by atoms with Crippen LogP contribution in [-0.4, -0.2) is 0 Å². The summed E-state index contributed by atoms with van der Waals surface area (Å²) in [6.45, 7) is 3.75. The lowest BCUT2D eigenvalue weighted by atomic mass is 10.1. The highest BCUT2D eigenvalue weighted by Crippen LogP contribution is 2.17. The van der Waals surface area contributed by atoms with Crippen LogP contribution in [0.15, 0.2) is 72.0 Å². The first-order chi connectivity index (χ1) is 9.29. The van der Waals surface area contributed by atoms with Gasteiger partial charge in [0.25, 0.3) is 0 Å². The van der Waals surface area contributed by atoms with Gasteiger partial charge in [0.1, 0.15) is 0 Å². The molecule has 1 heteroatoms. The third-order valence-electron chi connectivity index (χ3n) is 3.39. The second kappa shape index (κ2) is 4.69. The van der Waals surface area contributed by atoms with Crippen LogP contribution in [0.4, 0.5) is 0 Å². The maximum absolute atomic E-state index is 12.5. The van der Waals surface area contributed by atoms with Crippen molar-refractivity contribution in [2.45, 2.75) is 6.42 Å². The van der Waals surface area contributed by atoms with Gasteiger partial charge in [0.15, 0.2) is 5.43 Å². The molecule has 0 heterocycles. The Morgan fingerprint density at radius 3 is 2.47 bits per heavy atom. The summed E-state index contributed by atoms with van der Waals surface area (Å²) in [5, 5.41) is 3.51. The number of hydrogen-bond acceptors (Lipinski definition) is 1. The first kappa shape index (κ1) is 11.7. The Bertz CT molecular complexity index is 831. The largest absolute Gasteiger partial charge is 0.289 e. The van der Waals surface area contributed by atoms with E-state index in [1.165, 1.54) is 5.56 Å². The molecule has 0 amide bonds. The standard InChI is InChI=1S/C18H14O/c1-2-5-13-8-11-17-15(12-13)10-9-14-6-3-4-7-16(14)18(17)19/h2-4,6-12H,1,5H2. The summed E-state index contributed by atoms with van der Waals surface area (Å²) in [5.41, 5.74) is 1.28. The highest BCUT2D eigenvalue weighted by molar-refractivity contribution is 5.93. The zero-order valence-corrected chi connectivity index (χ0v) is 10.6. The van der Waals surface area contributed by atoms with Crippen molar-refractivity contribution >= 4 is 21.5 Å². The van der Waals surface area contributed by atoms with Gasteiger partial charge in [-0.1, -0.05) is 60.7 Å². The van der Waals surface area contributed by atoms with E-state index in [0.29, 0.717) is 0 Å². The molecule has 0 fully saturated rings. The smallest absolute Gasteiger partial charge is 0.194 e. The third kappa shape index (κ3) is 2.04. The van der Waals surface area contributed by atoms with Gasteiger partial charge in [0.2, 0.25) is 0 Å². The lowest BCUT2D eigenvalue weighted by Gasteiger charge is -1.97. The van der Waals surface area contributed by atoms with Crippen LogP contribution in [-0.2, 0) is 6.42 Å². The van der Waals surface area contributed by atoms with E-state index in [1.807, 2.05) is 54.6 Å². The Morgan fingerprint density at radius 2 is 1.63 bits per heavy atom. The van der Waals surface area contributed by atoms with E-state index in [9.17, 15) is 4.79 Å². The molecule has 0 spiro atoms. The fourth-order valence-electron chi connectivity index (χ4n) is 2.42. The first-order valence-corrected chi connectivity index (χ1v) is 6.35. The molecule has 0 saturated carbocycles. The van der Waals surface area contributed by atoms with E-state index >= 15 is 0 Å². The van der Waals surface area contributed by atoms with Gasteiger partial charge in [0.05, 0.1) is 0 Å². The Morgan fingerprint density at radius 1 is 0.895 bits per heavy atom. The quantitative estimate of drug-likeness (QED) is 0.623. The molecule has 1 nitrogen and oxygen atoms in total. The van der Waals surface area contributed by atoms with E-state index in [0.717, 1.165) is 28.0 Å². The van der Waals surface area contributed by atoms with Crippen molar-refractivity contribution in [2.75, 3.05) is 0 Å². The zero-order chi connectivity index (χ0) is 13.2. The Kier molecular flexibility index (Phi) is 2.88. The lowest BCUT2D eigenvalue weighted by molar-refractivity contribution is 1.29. The maximum atomic E-state index is 12.5. The van der Waals surface area contributed by atoms with E-state index in [2.05, 4.69) is 12.6 Å². The molecule has 0 aliphatic heterocycles. The number of benzene rings is 2. The highest BCUT2D eigenvalue weighted by atomic mass is 16.1. The summed E-state index contributed by atoms with van der Waals surface area (Å²) >= 11 is 0. The molecule has 0 radical (unpaired) electrons. The summed E-state index contributed by atoms with van der Waals surface area (Å²) in [7, 11) is 0. The third-order valence-corrected chi connectivity index (χ3v) is 3.39. The SMILES string of the molecule is C=CCc1ccc2c(=O)c3ccccc3ccc2c1. The number of rotatable bonds is 2. The molecule has 0 atom stereocenters. The summed E-state index contributed by atoms with van der Waals surface area (Å²) in [4.78, 5) is 12.5. The number of hydrogen-bond donors (Lipinski definition) is 0. The van der Waals surface area contributed by atoms with Crippen molar-refractivity contribution in [3.8, 4) is 0 Å². The minimum atomic E-state index is 0.0979. The Labute approximate surface area is 111 Å². The van der Waals surface area contributed by atoms with Crippen molar-refractivity contribution in [3.05, 3.63) is 83.0 Å². The monoisotopic (exact) mass is 246 g/mol. The van der Waals surface area contributed by atoms with Gasteiger partial charge in [-0.3, -0.25) is 4.79 Å². The first-order valence-electron chi connectivity index (χ1n) is 6.35. The lowest BCUT2D eigenvalue weighted by Crippen LogP contribution is -1.98. The molecular formula is C18H14O. The summed E-state index contributed by atoms with van der Waals surface area (Å²) in [5.74, 6) is 0. The van der Waals surface area contributed by atoms with Crippen LogP contribution in [0.3, 0.4) is 0 Å². The van der Waals surface area contributed by atoms with Crippen molar-refractivity contribution in [2.24, 2.45) is 0 Å². The molecule has 0 aliphatic rings. The van der Waals surface area contributed by atoms with Crippen molar-refractivity contribution in [3.63, 3.8) is 0 Å². The van der Waals surface area contributed by atoms with Crippen LogP contribution in [0.25, 0.3) is 21.5 Å². The van der Waals surface area contributed by atoms with E-state index < -0.39 is 0 Å². The molecule has 0 aromatic heterocycles. The second-order valence-electron chi connectivity index (χ2n) is 4.66. The number of allylic oxidation sites excluding steroid dienone is 1. The fourth-order valence-corrected chi connectivity index (χ4v) is 2.42. The van der Waals surface area contributed by atoms with E-state index in [1.54, 1.807) is 0 Å². The maximum Gasteiger partial charge on any atom is 0.194 e. The van der Waals surface area contributed by atoms with Gasteiger partial charge < -0.3 is 0 Å². The van der Waals surface area contributed by atoms with Crippen molar-refractivity contribution in [1.29, 1.82) is 0 Å². The van der Waals surface area contributed by atoms with E-state index in [4.69, 9.17) is 0 Å². The predicted molar refractivity (Wildman–Crippen MR) is 81.6 cm³/mol. The molecule has 0 aliphatic carbocycles. The van der Waals surface area contributed by atoms with Gasteiger partial charge in [-0.2, -0.15) is 0 Å². The normalized spacial score (nSPS) is 10.7. The molecule has 3 aromatic carbocycles. The van der Waals surface area contributed by atoms with Gasteiger partial charge in [-0.15, -0.1) is 6.58 Å². The van der Waals surface area contributed by atoms with Gasteiger partial charge in [-0.25, -0.2) is 0 Å². The topological polar surface area (TPSA) is 17.1 Å². The average molecular weight is 246 g/mol. The van der Waals surface area contributed by atoms with Crippen LogP contribution in [0.1, 0.15) is 5.56 Å². The van der Waals surface area contributed by atoms with Gasteiger partial charge in [-0.05, 0) is 22.8 Å². The summed E-state index contributed by atoms with van der Waals surface area (Å²) < 4.78 is 0. The van der Waals surface area contributed by atoms with Crippen LogP contribution >= 0.6 is 0 Å². The number of fused-ring (bicyclic) bond motifs is 2. The highest BCUT2D eigenvalue weighted by Gasteiger charge is 2.02. The average Bonchev–Trinajstić information content (AvgIpc) is 2.58. The molecule has 0 bridgehead atoms. The minimum Gasteiger partial charge on any atom is -0.289 e. The summed E-state index contributed by atoms with van der Waals surface area (Å²) in [6, 6.07) is 17.7. The second-order valence-corrected chi connectivity index (χ2v) is 4.66. The molecule has 92 valence electrons. The van der Waals surface area contributed by atoms with Gasteiger partial charge in [0, 0.05) is 10.8 Å². The Balaban J connectivity index is 2.44. The van der Waals surface area contributed by atoms with Crippen molar-refractivity contribution < 1.29 is 0 Å². The van der Waals surface area contributed by atoms with Crippen LogP contribution in [0, 0.1) is 0 Å². The van der Waals surface area contributed by atoms with Crippen molar-refractivity contribution in [1.82, 2.24) is 0 Å². The van der Waals surface area contributed by atoms with Crippen LogP contribution in [0.2, 0.25) is 0 Å². The molecule has 3 aromatic rings. The molecular weight excluding hydrogens is 232 g/mol. The zero-order valence-electron chi connectivity index (χ0n) is 10.6. The van der Waals surface area contributed by atoms with Gasteiger partial charge >= 0.3 is 0 Å². The summed E-state index contributed by atoms with van der Waals surface area (Å²) in [6.07, 6.45) is 2.70. The Hall–Kier alpha value is -2.41. The molecule has 19 heavy (non-hydrogen) atoms. The molecule has 3 rings (SSSR count). The van der Waals surface area contributed by atoms with Crippen LogP contribution in [0.5, 0.6) is 0 Å². The molecule has 0 unspecified atom stereocenters. The fraction of sp³-hybridized carbons (Fsp3) is 0.0556. The molecule has 0 saturated heterocycles. The van der Waals surface area contributed by atoms with E-state index in [-0.39, 0.29) is 5.43 Å². The molecule has 0 N–H and O–H groups in total.